The van der Waals surface area contributed by atoms with Crippen LogP contribution in [-0.4, -0.2) is 5.78 Å². The van der Waals surface area contributed by atoms with Crippen molar-refractivity contribution in [3.05, 3.63) is 69.2 Å². The van der Waals surface area contributed by atoms with Gasteiger partial charge in [0.15, 0.2) is 5.78 Å². The zero-order chi connectivity index (χ0) is 14.7. The molecule has 0 amide bonds. The number of hydrogen-bond acceptors (Lipinski definition) is 2. The Morgan fingerprint density at radius 1 is 1.20 bits per heavy atom. The van der Waals surface area contributed by atoms with E-state index in [0.29, 0.717) is 11.1 Å². The Kier molecular flexibility index (Phi) is 4.36. The van der Waals surface area contributed by atoms with Crippen molar-refractivity contribution in [3.63, 3.8) is 0 Å². The number of halogens is 1. The van der Waals surface area contributed by atoms with Gasteiger partial charge in [-0.3, -0.25) is 4.79 Å². The van der Waals surface area contributed by atoms with E-state index in [0.717, 1.165) is 15.6 Å². The number of ketones is 1. The fourth-order valence-corrected chi connectivity index (χ4v) is 2.65. The second kappa shape index (κ2) is 6.02. The Balaban J connectivity index is 2.48. The molecule has 0 spiro atoms. The highest BCUT2D eigenvalue weighted by Crippen LogP contribution is 2.28. The minimum Gasteiger partial charge on any atom is -0.292 e. The second-order valence-corrected chi connectivity index (χ2v) is 5.62. The molecule has 0 radical (unpaired) electrons. The predicted octanol–water partition coefficient (Wildman–Crippen LogP) is 4.56. The lowest BCUT2D eigenvalue weighted by Gasteiger charge is -2.12. The van der Waals surface area contributed by atoms with Gasteiger partial charge in [-0.2, -0.15) is 5.26 Å². The van der Waals surface area contributed by atoms with Gasteiger partial charge >= 0.3 is 0 Å². The monoisotopic (exact) mass is 327 g/mol. The van der Waals surface area contributed by atoms with Crippen molar-refractivity contribution in [2.45, 2.75) is 19.8 Å². The van der Waals surface area contributed by atoms with Crippen LogP contribution in [0.25, 0.3) is 0 Å². The molecular formula is C17H14BrNO. The van der Waals surface area contributed by atoms with Gasteiger partial charge in [0.2, 0.25) is 0 Å². The summed E-state index contributed by atoms with van der Waals surface area (Å²) in [4.78, 5) is 12.7. The molecule has 20 heavy (non-hydrogen) atoms. The van der Waals surface area contributed by atoms with E-state index >= 15 is 0 Å². The summed E-state index contributed by atoms with van der Waals surface area (Å²) < 4.78 is 0.783. The predicted molar refractivity (Wildman–Crippen MR) is 82.7 cm³/mol. The molecule has 0 aliphatic carbocycles. The summed E-state index contributed by atoms with van der Waals surface area (Å²) in [6.07, 6.45) is 0. The van der Waals surface area contributed by atoms with Gasteiger partial charge in [-0.05, 0) is 37.1 Å². The van der Waals surface area contributed by atoms with Crippen LogP contribution in [0.3, 0.4) is 0 Å². The van der Waals surface area contributed by atoms with E-state index in [1.165, 1.54) is 0 Å². The van der Waals surface area contributed by atoms with E-state index < -0.39 is 5.92 Å². The third kappa shape index (κ3) is 2.81. The Morgan fingerprint density at radius 2 is 1.90 bits per heavy atom. The highest BCUT2D eigenvalue weighted by atomic mass is 79.9. The molecule has 1 atom stereocenters. The highest BCUT2D eigenvalue weighted by Gasteiger charge is 2.24. The largest absolute Gasteiger partial charge is 0.292 e. The molecule has 0 bridgehead atoms. The highest BCUT2D eigenvalue weighted by molar-refractivity contribution is 9.10. The molecule has 0 fully saturated rings. The zero-order valence-electron chi connectivity index (χ0n) is 11.4. The summed E-state index contributed by atoms with van der Waals surface area (Å²) in [6.45, 7) is 3.83. The number of nitriles is 1. The molecule has 0 N–H and O–H groups in total. The summed E-state index contributed by atoms with van der Waals surface area (Å²) in [5.41, 5.74) is 3.24. The Bertz CT molecular complexity index is 700. The lowest BCUT2D eigenvalue weighted by Crippen LogP contribution is -2.13. The first-order valence-electron chi connectivity index (χ1n) is 6.30. The normalized spacial score (nSPS) is 11.7. The fraction of sp³-hybridized carbons (Fsp3) is 0.176. The van der Waals surface area contributed by atoms with E-state index in [1.54, 1.807) is 6.07 Å². The topological polar surface area (TPSA) is 40.9 Å². The molecule has 0 aliphatic heterocycles. The molecule has 1 unspecified atom stereocenters. The van der Waals surface area contributed by atoms with Crippen molar-refractivity contribution >= 4 is 21.7 Å². The maximum atomic E-state index is 12.7. The van der Waals surface area contributed by atoms with Crippen LogP contribution in [0, 0.1) is 25.2 Å². The summed E-state index contributed by atoms with van der Waals surface area (Å²) in [5.74, 6) is -0.938. The molecule has 0 saturated carbocycles. The van der Waals surface area contributed by atoms with Gasteiger partial charge in [-0.25, -0.2) is 0 Å². The van der Waals surface area contributed by atoms with Crippen LogP contribution in [-0.2, 0) is 0 Å². The average Bonchev–Trinajstić information content (AvgIpc) is 2.44. The molecule has 2 nitrogen and oxygen atoms in total. The van der Waals surface area contributed by atoms with Crippen LogP contribution in [0.2, 0.25) is 0 Å². The summed E-state index contributed by atoms with van der Waals surface area (Å²) in [6, 6.07) is 15.2. The lowest BCUT2D eigenvalue weighted by atomic mass is 9.89. The van der Waals surface area contributed by atoms with Crippen molar-refractivity contribution in [1.29, 1.82) is 5.26 Å². The van der Waals surface area contributed by atoms with E-state index in [-0.39, 0.29) is 5.78 Å². The molecule has 0 heterocycles. The first-order valence-corrected chi connectivity index (χ1v) is 7.09. The summed E-state index contributed by atoms with van der Waals surface area (Å²) in [5, 5.41) is 9.40. The molecule has 2 aromatic carbocycles. The average molecular weight is 328 g/mol. The maximum absolute atomic E-state index is 12.7. The smallest absolute Gasteiger partial charge is 0.184 e. The van der Waals surface area contributed by atoms with Gasteiger partial charge in [-0.1, -0.05) is 51.8 Å². The molecule has 2 aromatic rings. The fourth-order valence-electron chi connectivity index (χ4n) is 2.14. The minimum atomic E-state index is -0.786. The Hall–Kier alpha value is -1.92. The summed E-state index contributed by atoms with van der Waals surface area (Å²) in [7, 11) is 0. The van der Waals surface area contributed by atoms with E-state index in [1.807, 2.05) is 50.2 Å². The van der Waals surface area contributed by atoms with Crippen molar-refractivity contribution in [2.24, 2.45) is 0 Å². The standard InChI is InChI=1S/C17H14BrNO/c1-11-7-8-12(2)14(9-11)17(20)15(10-19)13-5-3-4-6-16(13)18/h3-9,15H,1-2H3. The van der Waals surface area contributed by atoms with E-state index in [2.05, 4.69) is 22.0 Å². The molecule has 100 valence electrons. The first-order chi connectivity index (χ1) is 9.54. The van der Waals surface area contributed by atoms with Gasteiger partial charge in [-0.15, -0.1) is 0 Å². The number of aryl methyl sites for hydroxylation is 2. The van der Waals surface area contributed by atoms with Gasteiger partial charge in [0.1, 0.15) is 5.92 Å². The van der Waals surface area contributed by atoms with Gasteiger partial charge in [0.25, 0.3) is 0 Å². The number of carbonyl (C=O) groups excluding carboxylic acids is 1. The van der Waals surface area contributed by atoms with Crippen LogP contribution in [0.1, 0.15) is 33.0 Å². The number of carbonyl (C=O) groups is 1. The second-order valence-electron chi connectivity index (χ2n) is 4.77. The molecule has 0 aromatic heterocycles. The van der Waals surface area contributed by atoms with Crippen molar-refractivity contribution < 1.29 is 4.79 Å². The number of hydrogen-bond donors (Lipinski definition) is 0. The van der Waals surface area contributed by atoms with Gasteiger partial charge in [0, 0.05) is 10.0 Å². The molecule has 2 rings (SSSR count). The van der Waals surface area contributed by atoms with Crippen LogP contribution < -0.4 is 0 Å². The summed E-state index contributed by atoms with van der Waals surface area (Å²) >= 11 is 3.41. The van der Waals surface area contributed by atoms with Crippen LogP contribution in [0.5, 0.6) is 0 Å². The third-order valence-electron chi connectivity index (χ3n) is 3.27. The van der Waals surface area contributed by atoms with E-state index in [9.17, 15) is 10.1 Å². The first kappa shape index (κ1) is 14.5. The zero-order valence-corrected chi connectivity index (χ0v) is 12.9. The molecule has 0 aliphatic rings. The van der Waals surface area contributed by atoms with Crippen molar-refractivity contribution in [2.75, 3.05) is 0 Å². The number of benzene rings is 2. The minimum absolute atomic E-state index is 0.152. The Labute approximate surface area is 127 Å². The lowest BCUT2D eigenvalue weighted by molar-refractivity contribution is 0.0978. The van der Waals surface area contributed by atoms with Gasteiger partial charge in [0.05, 0.1) is 6.07 Å². The SMILES string of the molecule is Cc1ccc(C)c(C(=O)C(C#N)c2ccccc2Br)c1. The van der Waals surface area contributed by atoms with E-state index in [4.69, 9.17) is 0 Å². The number of nitrogens with zero attached hydrogens (tertiary/aromatic N) is 1. The maximum Gasteiger partial charge on any atom is 0.184 e. The molecule has 0 saturated heterocycles. The quantitative estimate of drug-likeness (QED) is 0.775. The van der Waals surface area contributed by atoms with Crippen molar-refractivity contribution in [1.82, 2.24) is 0 Å². The number of rotatable bonds is 3. The van der Waals surface area contributed by atoms with Gasteiger partial charge < -0.3 is 0 Å². The number of Topliss-reactive ketones (excluding diaryl/α,β-unsaturated/α-hetero) is 1. The van der Waals surface area contributed by atoms with Crippen LogP contribution in [0.15, 0.2) is 46.9 Å². The van der Waals surface area contributed by atoms with Crippen molar-refractivity contribution in [3.8, 4) is 6.07 Å². The van der Waals surface area contributed by atoms with Crippen LogP contribution in [0.4, 0.5) is 0 Å². The Morgan fingerprint density at radius 3 is 2.55 bits per heavy atom. The third-order valence-corrected chi connectivity index (χ3v) is 3.99. The van der Waals surface area contributed by atoms with Crippen LogP contribution >= 0.6 is 15.9 Å². The molecular weight excluding hydrogens is 314 g/mol. The molecule has 3 heteroatoms.